The molecule has 0 atom stereocenters. The lowest BCUT2D eigenvalue weighted by molar-refractivity contribution is -0.151. The predicted octanol–water partition coefficient (Wildman–Crippen LogP) is 5.50. The largest absolute Gasteiger partial charge is 0.481 e. The van der Waals surface area contributed by atoms with Crippen LogP contribution in [0.25, 0.3) is 11.5 Å². The van der Waals surface area contributed by atoms with E-state index >= 15 is 0 Å². The summed E-state index contributed by atoms with van der Waals surface area (Å²) in [6.07, 6.45) is 1.26. The summed E-state index contributed by atoms with van der Waals surface area (Å²) in [6, 6.07) is 17.3. The summed E-state index contributed by atoms with van der Waals surface area (Å²) in [4.78, 5) is 30.8. The third kappa shape index (κ3) is 5.50. The minimum absolute atomic E-state index is 0.175. The van der Waals surface area contributed by atoms with Gasteiger partial charge < -0.3 is 19.2 Å². The molecule has 1 fully saturated rings. The number of hydrogen-bond acceptors (Lipinski definition) is 5. The van der Waals surface area contributed by atoms with Gasteiger partial charge in [0.25, 0.3) is 0 Å². The average Bonchev–Trinajstić information content (AvgIpc) is 3.20. The number of carbonyl (C=O) groups excluding carboxylic acids is 1. The van der Waals surface area contributed by atoms with Crippen LogP contribution in [0.1, 0.15) is 29.9 Å². The fraction of sp³-hybridized carbons (Fsp3) is 0.346. The zero-order valence-corrected chi connectivity index (χ0v) is 20.6. The fourth-order valence-electron chi connectivity index (χ4n) is 4.30. The Morgan fingerprint density at radius 2 is 1.88 bits per heavy atom. The first-order chi connectivity index (χ1) is 16.4. The summed E-state index contributed by atoms with van der Waals surface area (Å²) in [6.45, 7) is 2.73. The molecule has 8 heteroatoms. The van der Waals surface area contributed by atoms with Crippen molar-refractivity contribution in [3.05, 3.63) is 76.1 Å². The molecule has 0 unspecified atom stereocenters. The van der Waals surface area contributed by atoms with Gasteiger partial charge in [-0.25, -0.2) is 9.78 Å². The lowest BCUT2D eigenvalue weighted by atomic mass is 9.74. The molecule has 1 saturated heterocycles. The lowest BCUT2D eigenvalue weighted by Crippen LogP contribution is -2.47. The number of aromatic nitrogens is 1. The number of aliphatic carboxylic acids is 1. The van der Waals surface area contributed by atoms with Crippen LogP contribution in [-0.2, 0) is 22.4 Å². The number of nitrogens with zero attached hydrogens (tertiary/aromatic N) is 2. The van der Waals surface area contributed by atoms with Crippen LogP contribution in [0.5, 0.6) is 0 Å². The molecule has 0 spiro atoms. The van der Waals surface area contributed by atoms with E-state index in [0.29, 0.717) is 50.4 Å². The van der Waals surface area contributed by atoms with Gasteiger partial charge in [-0.1, -0.05) is 52.3 Å². The van der Waals surface area contributed by atoms with Crippen molar-refractivity contribution in [3.63, 3.8) is 0 Å². The molecule has 1 aliphatic rings. The number of ether oxygens (including phenoxy) is 1. The van der Waals surface area contributed by atoms with Crippen LogP contribution in [0.15, 0.2) is 63.5 Å². The highest BCUT2D eigenvalue weighted by Crippen LogP contribution is 2.36. The summed E-state index contributed by atoms with van der Waals surface area (Å²) in [5, 5.41) is 9.91. The number of benzene rings is 2. The van der Waals surface area contributed by atoms with Gasteiger partial charge in [0.1, 0.15) is 5.76 Å². The maximum absolute atomic E-state index is 12.6. The molecule has 0 radical (unpaired) electrons. The quantitative estimate of drug-likeness (QED) is 0.436. The van der Waals surface area contributed by atoms with E-state index in [9.17, 15) is 14.7 Å². The topological polar surface area (TPSA) is 92.9 Å². The molecule has 1 N–H and O–H groups in total. The van der Waals surface area contributed by atoms with Crippen molar-refractivity contribution < 1.29 is 23.8 Å². The molecule has 0 aliphatic carbocycles. The van der Waals surface area contributed by atoms with Crippen molar-refractivity contribution >= 4 is 28.0 Å². The first-order valence-electron chi connectivity index (χ1n) is 11.3. The first-order valence-corrected chi connectivity index (χ1v) is 12.1. The maximum atomic E-state index is 12.6. The number of likely N-dealkylation sites (tertiary alicyclic amines) is 1. The Hall–Kier alpha value is -3.13. The van der Waals surface area contributed by atoms with Crippen molar-refractivity contribution in [3.8, 4) is 11.5 Å². The van der Waals surface area contributed by atoms with Crippen molar-refractivity contribution in [2.24, 2.45) is 5.41 Å². The van der Waals surface area contributed by atoms with Gasteiger partial charge in [-0.05, 0) is 49.9 Å². The van der Waals surface area contributed by atoms with E-state index in [4.69, 9.17) is 9.15 Å². The molecule has 2 aromatic carbocycles. The Morgan fingerprint density at radius 1 is 1.15 bits per heavy atom. The number of piperidine rings is 1. The van der Waals surface area contributed by atoms with Gasteiger partial charge in [0.2, 0.25) is 5.89 Å². The van der Waals surface area contributed by atoms with Gasteiger partial charge in [-0.2, -0.15) is 0 Å². The minimum atomic E-state index is -0.862. The second-order valence-corrected chi connectivity index (χ2v) is 9.55. The number of carbonyl (C=O) groups is 2. The van der Waals surface area contributed by atoms with Gasteiger partial charge in [-0.3, -0.25) is 4.79 Å². The maximum Gasteiger partial charge on any atom is 0.409 e. The second kappa shape index (κ2) is 10.4. The van der Waals surface area contributed by atoms with E-state index < -0.39 is 17.5 Å². The van der Waals surface area contributed by atoms with Crippen molar-refractivity contribution in [2.75, 3.05) is 19.7 Å². The highest BCUT2D eigenvalue weighted by atomic mass is 79.9. The highest BCUT2D eigenvalue weighted by Gasteiger charge is 2.42. The molecule has 34 heavy (non-hydrogen) atoms. The Balaban J connectivity index is 1.29. The summed E-state index contributed by atoms with van der Waals surface area (Å²) >= 11 is 3.45. The van der Waals surface area contributed by atoms with Crippen LogP contribution in [0.3, 0.4) is 0 Å². The van der Waals surface area contributed by atoms with Crippen LogP contribution in [0, 0.1) is 12.3 Å². The van der Waals surface area contributed by atoms with Crippen molar-refractivity contribution in [2.45, 2.75) is 32.6 Å². The monoisotopic (exact) mass is 526 g/mol. The molecule has 178 valence electrons. The van der Waals surface area contributed by atoms with Crippen molar-refractivity contribution in [1.82, 2.24) is 9.88 Å². The van der Waals surface area contributed by atoms with Crippen LogP contribution in [-0.4, -0.2) is 46.7 Å². The van der Waals surface area contributed by atoms with E-state index in [0.717, 1.165) is 21.3 Å². The van der Waals surface area contributed by atoms with Crippen LogP contribution in [0.4, 0.5) is 4.79 Å². The van der Waals surface area contributed by atoms with E-state index in [1.807, 2.05) is 61.5 Å². The van der Waals surface area contributed by atoms with E-state index in [1.54, 1.807) is 4.90 Å². The van der Waals surface area contributed by atoms with Crippen LogP contribution >= 0.6 is 15.9 Å². The molecular weight excluding hydrogens is 500 g/mol. The summed E-state index contributed by atoms with van der Waals surface area (Å²) in [7, 11) is 0. The summed E-state index contributed by atoms with van der Waals surface area (Å²) < 4.78 is 12.2. The number of rotatable bonds is 7. The zero-order chi connectivity index (χ0) is 24.1. The molecule has 1 aliphatic heterocycles. The molecular formula is C26H27BrN2O5. The first kappa shape index (κ1) is 24.0. The molecule has 4 rings (SSSR count). The van der Waals surface area contributed by atoms with E-state index in [1.165, 1.54) is 0 Å². The number of amides is 1. The molecule has 2 heterocycles. The minimum Gasteiger partial charge on any atom is -0.481 e. The number of oxazole rings is 1. The number of hydrogen-bond donors (Lipinski definition) is 1. The Morgan fingerprint density at radius 3 is 2.56 bits per heavy atom. The molecule has 0 bridgehead atoms. The number of carboxylic acids is 1. The third-order valence-corrected chi connectivity index (χ3v) is 6.84. The van der Waals surface area contributed by atoms with Gasteiger partial charge in [0, 0.05) is 29.5 Å². The fourth-order valence-corrected chi connectivity index (χ4v) is 4.70. The van der Waals surface area contributed by atoms with Crippen molar-refractivity contribution in [1.29, 1.82) is 0 Å². The molecule has 0 saturated carbocycles. The lowest BCUT2D eigenvalue weighted by Gasteiger charge is -2.38. The SMILES string of the molecule is Cc1oc(-c2cccc(Br)c2)nc1CCOC(=O)N1CCC(Cc2ccccc2)(C(=O)O)CC1. The predicted molar refractivity (Wildman–Crippen MR) is 130 cm³/mol. The van der Waals surface area contributed by atoms with Crippen LogP contribution < -0.4 is 0 Å². The van der Waals surface area contributed by atoms with E-state index in [2.05, 4.69) is 20.9 Å². The summed E-state index contributed by atoms with van der Waals surface area (Å²) in [5.74, 6) is 0.405. The molecule has 1 aromatic heterocycles. The standard InChI is InChI=1S/C26H27BrN2O5/c1-18-22(28-23(34-18)20-8-5-9-21(27)16-20)10-15-33-25(32)29-13-11-26(12-14-29,24(30)31)17-19-6-3-2-4-7-19/h2-9,16H,10-15,17H2,1H3,(H,30,31). The van der Waals surface area contributed by atoms with Gasteiger partial charge in [0.15, 0.2) is 0 Å². The summed E-state index contributed by atoms with van der Waals surface area (Å²) in [5.41, 5.74) is 1.74. The van der Waals surface area contributed by atoms with Gasteiger partial charge in [-0.15, -0.1) is 0 Å². The van der Waals surface area contributed by atoms with Gasteiger partial charge >= 0.3 is 12.1 Å². The smallest absolute Gasteiger partial charge is 0.409 e. The average molecular weight is 527 g/mol. The number of halogens is 1. The number of carboxylic acid groups (broad SMARTS) is 1. The third-order valence-electron chi connectivity index (χ3n) is 6.35. The molecule has 1 amide bonds. The zero-order valence-electron chi connectivity index (χ0n) is 19.0. The Kier molecular flexibility index (Phi) is 7.36. The van der Waals surface area contributed by atoms with E-state index in [-0.39, 0.29) is 6.61 Å². The number of aryl methyl sites for hydroxylation is 1. The second-order valence-electron chi connectivity index (χ2n) is 8.63. The van der Waals surface area contributed by atoms with Crippen LogP contribution in [0.2, 0.25) is 0 Å². The Bertz CT molecular complexity index is 1150. The molecule has 7 nitrogen and oxygen atoms in total. The Labute approximate surface area is 206 Å². The normalized spacial score (nSPS) is 15.2. The molecule has 3 aromatic rings. The highest BCUT2D eigenvalue weighted by molar-refractivity contribution is 9.10. The van der Waals surface area contributed by atoms with Gasteiger partial charge in [0.05, 0.1) is 17.7 Å².